The van der Waals surface area contributed by atoms with Gasteiger partial charge in [-0.3, -0.25) is 4.90 Å². The van der Waals surface area contributed by atoms with Gasteiger partial charge in [-0.05, 0) is 49.7 Å². The average Bonchev–Trinajstić information content (AvgIpc) is 2.03. The second kappa shape index (κ2) is 3.81. The van der Waals surface area contributed by atoms with E-state index in [9.17, 15) is 0 Å². The summed E-state index contributed by atoms with van der Waals surface area (Å²) in [5, 5.41) is 0. The number of halogens is 1. The molecule has 1 nitrogen and oxygen atoms in total. The highest BCUT2D eigenvalue weighted by molar-refractivity contribution is 9.10. The zero-order chi connectivity index (χ0) is 9.26. The zero-order valence-electron chi connectivity index (χ0n) is 7.89. The largest absolute Gasteiger partial charge is 0.299 e. The molecular formula is C11H14BrN. The topological polar surface area (TPSA) is 3.24 Å². The zero-order valence-corrected chi connectivity index (χ0v) is 9.47. The predicted octanol–water partition coefficient (Wildman–Crippen LogP) is 2.96. The maximum atomic E-state index is 3.51. The Hall–Kier alpha value is -0.340. The summed E-state index contributed by atoms with van der Waals surface area (Å²) >= 11 is 3.51. The molecule has 1 aliphatic rings. The molecule has 0 bridgehead atoms. The van der Waals surface area contributed by atoms with Crippen molar-refractivity contribution in [2.24, 2.45) is 0 Å². The Morgan fingerprint density at radius 3 is 2.77 bits per heavy atom. The summed E-state index contributed by atoms with van der Waals surface area (Å²) in [6, 6.07) is 6.52. The van der Waals surface area contributed by atoms with Gasteiger partial charge in [-0.15, -0.1) is 0 Å². The van der Waals surface area contributed by atoms with Gasteiger partial charge in [0.2, 0.25) is 0 Å². The van der Waals surface area contributed by atoms with Crippen LogP contribution in [0.5, 0.6) is 0 Å². The van der Waals surface area contributed by atoms with Gasteiger partial charge in [-0.25, -0.2) is 0 Å². The number of aryl methyl sites for hydroxylation is 1. The predicted molar refractivity (Wildman–Crippen MR) is 58.8 cm³/mol. The third-order valence-corrected chi connectivity index (χ3v) is 3.15. The molecule has 0 aliphatic carbocycles. The van der Waals surface area contributed by atoms with E-state index in [1.807, 2.05) is 0 Å². The fourth-order valence-electron chi connectivity index (χ4n) is 1.59. The molecule has 0 radical (unpaired) electrons. The Morgan fingerprint density at radius 1 is 1.38 bits per heavy atom. The molecule has 1 fully saturated rings. The molecule has 0 atom stereocenters. The monoisotopic (exact) mass is 239 g/mol. The number of hydrogen-bond acceptors (Lipinski definition) is 1. The number of rotatable bonds is 2. The lowest BCUT2D eigenvalue weighted by Gasteiger charge is -2.31. The molecule has 0 amide bonds. The first kappa shape index (κ1) is 9.22. The van der Waals surface area contributed by atoms with Crippen molar-refractivity contribution in [1.29, 1.82) is 0 Å². The molecule has 0 aromatic heterocycles. The van der Waals surface area contributed by atoms with Crippen molar-refractivity contribution in [3.8, 4) is 0 Å². The molecule has 0 N–H and O–H groups in total. The van der Waals surface area contributed by atoms with Crippen LogP contribution in [0.1, 0.15) is 17.5 Å². The summed E-state index contributed by atoms with van der Waals surface area (Å²) in [5.41, 5.74) is 2.85. The van der Waals surface area contributed by atoms with Gasteiger partial charge < -0.3 is 0 Å². The van der Waals surface area contributed by atoms with E-state index in [0.29, 0.717) is 0 Å². The first-order valence-corrected chi connectivity index (χ1v) is 5.52. The van der Waals surface area contributed by atoms with Gasteiger partial charge in [0.25, 0.3) is 0 Å². The maximum Gasteiger partial charge on any atom is 0.0236 e. The van der Waals surface area contributed by atoms with Gasteiger partial charge in [0.1, 0.15) is 0 Å². The fourth-order valence-corrected chi connectivity index (χ4v) is 2.00. The maximum absolute atomic E-state index is 3.51. The number of likely N-dealkylation sites (tertiary alicyclic amines) is 1. The normalized spacial score (nSPS) is 17.1. The van der Waals surface area contributed by atoms with Crippen molar-refractivity contribution in [2.75, 3.05) is 13.1 Å². The molecule has 2 heteroatoms. The molecule has 0 saturated carbocycles. The number of hydrogen-bond donors (Lipinski definition) is 0. The second-order valence-electron chi connectivity index (χ2n) is 3.70. The summed E-state index contributed by atoms with van der Waals surface area (Å²) in [6.07, 6.45) is 1.37. The van der Waals surface area contributed by atoms with E-state index >= 15 is 0 Å². The van der Waals surface area contributed by atoms with Crippen LogP contribution in [0.15, 0.2) is 22.7 Å². The van der Waals surface area contributed by atoms with Crippen LogP contribution in [0.25, 0.3) is 0 Å². The van der Waals surface area contributed by atoms with E-state index in [1.54, 1.807) is 0 Å². The van der Waals surface area contributed by atoms with Crippen molar-refractivity contribution in [2.45, 2.75) is 19.9 Å². The van der Waals surface area contributed by atoms with Crippen LogP contribution in [0.2, 0.25) is 0 Å². The molecule has 13 heavy (non-hydrogen) atoms. The minimum atomic E-state index is 1.12. The molecular weight excluding hydrogens is 226 g/mol. The fraction of sp³-hybridized carbons (Fsp3) is 0.455. The molecule has 1 heterocycles. The Labute approximate surface area is 87.9 Å². The third-order valence-electron chi connectivity index (χ3n) is 2.65. The first-order valence-electron chi connectivity index (χ1n) is 4.73. The highest BCUT2D eigenvalue weighted by Crippen LogP contribution is 2.19. The minimum Gasteiger partial charge on any atom is -0.299 e. The number of benzene rings is 1. The van der Waals surface area contributed by atoms with E-state index in [1.165, 1.54) is 35.1 Å². The molecule has 70 valence electrons. The van der Waals surface area contributed by atoms with Gasteiger partial charge in [-0.1, -0.05) is 22.0 Å². The van der Waals surface area contributed by atoms with Gasteiger partial charge in [0.15, 0.2) is 0 Å². The molecule has 1 aromatic rings. The van der Waals surface area contributed by atoms with E-state index in [-0.39, 0.29) is 0 Å². The quantitative estimate of drug-likeness (QED) is 0.768. The van der Waals surface area contributed by atoms with Crippen LogP contribution in [-0.4, -0.2) is 18.0 Å². The lowest BCUT2D eigenvalue weighted by molar-refractivity contribution is 0.172. The van der Waals surface area contributed by atoms with Crippen molar-refractivity contribution < 1.29 is 0 Å². The minimum absolute atomic E-state index is 1.12. The summed E-state index contributed by atoms with van der Waals surface area (Å²) in [7, 11) is 0. The van der Waals surface area contributed by atoms with Gasteiger partial charge in [0.05, 0.1) is 0 Å². The summed E-state index contributed by atoms with van der Waals surface area (Å²) in [5.74, 6) is 0. The highest BCUT2D eigenvalue weighted by Gasteiger charge is 2.14. The SMILES string of the molecule is Cc1ccc(Br)cc1CN1CCC1. The average molecular weight is 240 g/mol. The van der Waals surface area contributed by atoms with Crippen molar-refractivity contribution in [3.05, 3.63) is 33.8 Å². The Morgan fingerprint density at radius 2 is 2.15 bits per heavy atom. The molecule has 0 unspecified atom stereocenters. The van der Waals surface area contributed by atoms with Gasteiger partial charge in [-0.2, -0.15) is 0 Å². The van der Waals surface area contributed by atoms with Crippen molar-refractivity contribution in [1.82, 2.24) is 4.90 Å². The second-order valence-corrected chi connectivity index (χ2v) is 4.62. The highest BCUT2D eigenvalue weighted by atomic mass is 79.9. The lowest BCUT2D eigenvalue weighted by atomic mass is 10.1. The van der Waals surface area contributed by atoms with Crippen LogP contribution in [-0.2, 0) is 6.54 Å². The van der Waals surface area contributed by atoms with Crippen LogP contribution in [0, 0.1) is 6.92 Å². The Bertz CT molecular complexity index is 305. The molecule has 1 saturated heterocycles. The molecule has 1 aromatic carbocycles. The molecule has 0 spiro atoms. The summed E-state index contributed by atoms with van der Waals surface area (Å²) in [6.45, 7) is 5.84. The van der Waals surface area contributed by atoms with E-state index in [0.717, 1.165) is 6.54 Å². The van der Waals surface area contributed by atoms with Crippen LogP contribution in [0.3, 0.4) is 0 Å². The van der Waals surface area contributed by atoms with Crippen molar-refractivity contribution in [3.63, 3.8) is 0 Å². The van der Waals surface area contributed by atoms with E-state index in [4.69, 9.17) is 0 Å². The Balaban J connectivity index is 2.13. The van der Waals surface area contributed by atoms with Crippen LogP contribution < -0.4 is 0 Å². The summed E-state index contributed by atoms with van der Waals surface area (Å²) in [4.78, 5) is 2.48. The standard InChI is InChI=1S/C11H14BrN/c1-9-3-4-11(12)7-10(9)8-13-5-2-6-13/h3-4,7H,2,5-6,8H2,1H3. The smallest absolute Gasteiger partial charge is 0.0236 e. The third kappa shape index (κ3) is 2.12. The van der Waals surface area contributed by atoms with Crippen molar-refractivity contribution >= 4 is 15.9 Å². The van der Waals surface area contributed by atoms with Gasteiger partial charge >= 0.3 is 0 Å². The summed E-state index contributed by atoms with van der Waals surface area (Å²) < 4.78 is 1.19. The van der Waals surface area contributed by atoms with E-state index in [2.05, 4.69) is 46.0 Å². The van der Waals surface area contributed by atoms with Crippen LogP contribution >= 0.6 is 15.9 Å². The molecule has 2 rings (SSSR count). The van der Waals surface area contributed by atoms with Crippen LogP contribution in [0.4, 0.5) is 0 Å². The Kier molecular flexibility index (Phi) is 2.70. The van der Waals surface area contributed by atoms with Gasteiger partial charge in [0, 0.05) is 11.0 Å². The van der Waals surface area contributed by atoms with E-state index < -0.39 is 0 Å². The lowest BCUT2D eigenvalue weighted by Crippen LogP contribution is -2.36. The number of nitrogens with zero attached hydrogens (tertiary/aromatic N) is 1. The first-order chi connectivity index (χ1) is 6.25. The molecule has 1 aliphatic heterocycles.